The van der Waals surface area contributed by atoms with Gasteiger partial charge >= 0.3 is 35.8 Å². The van der Waals surface area contributed by atoms with Crippen LogP contribution < -0.4 is 0 Å². The molecule has 1 aliphatic heterocycles. The van der Waals surface area contributed by atoms with Crippen molar-refractivity contribution in [2.45, 2.75) is 103 Å². The highest BCUT2D eigenvalue weighted by atomic mass is 16.7. The fraction of sp³-hybridized carbons (Fsp3) is 0.750. The molecule has 0 aliphatic carbocycles. The summed E-state index contributed by atoms with van der Waals surface area (Å²) in [6.07, 6.45) is -3.11. The molecule has 5 unspecified atom stereocenters. The molecule has 0 amide bonds. The molecule has 210 valence electrons. The maximum Gasteiger partial charge on any atom is 0.308 e. The third-order valence-corrected chi connectivity index (χ3v) is 5.19. The maximum absolute atomic E-state index is 12.5. The van der Waals surface area contributed by atoms with Crippen molar-refractivity contribution in [1.82, 2.24) is 0 Å². The Kier molecular flexibility index (Phi) is 14.2. The molecule has 0 N–H and O–H groups in total. The molecular formula is C24H36O13. The van der Waals surface area contributed by atoms with Crippen molar-refractivity contribution in [2.24, 2.45) is 0 Å². The summed E-state index contributed by atoms with van der Waals surface area (Å²) in [5.74, 6) is -3.94. The van der Waals surface area contributed by atoms with E-state index in [0.717, 1.165) is 40.5 Å². The van der Waals surface area contributed by atoms with Gasteiger partial charge < -0.3 is 33.2 Å². The molecule has 1 rings (SSSR count). The van der Waals surface area contributed by atoms with Crippen LogP contribution >= 0.6 is 0 Å². The molecule has 1 fully saturated rings. The molecule has 0 bridgehead atoms. The zero-order valence-corrected chi connectivity index (χ0v) is 21.9. The second-order valence-electron chi connectivity index (χ2n) is 8.40. The molecule has 13 nitrogen and oxygen atoms in total. The number of ether oxygens (including phenoxy) is 7. The van der Waals surface area contributed by atoms with Gasteiger partial charge in [-0.15, -0.1) is 0 Å². The van der Waals surface area contributed by atoms with Crippen LogP contribution in [0.4, 0.5) is 0 Å². The molecule has 1 aliphatic rings. The van der Waals surface area contributed by atoms with Crippen LogP contribution in [-0.2, 0) is 61.9 Å². The van der Waals surface area contributed by atoms with Gasteiger partial charge in [-0.2, -0.15) is 0 Å². The molecule has 37 heavy (non-hydrogen) atoms. The predicted octanol–water partition coefficient (Wildman–Crippen LogP) is 1.52. The summed E-state index contributed by atoms with van der Waals surface area (Å²) in [6, 6.07) is 0. The summed E-state index contributed by atoms with van der Waals surface area (Å²) in [4.78, 5) is 70.4. The van der Waals surface area contributed by atoms with Gasteiger partial charge in [-0.05, 0) is 12.8 Å². The van der Waals surface area contributed by atoms with E-state index in [1.165, 1.54) is 7.11 Å². The Morgan fingerprint density at radius 2 is 1.08 bits per heavy atom. The maximum atomic E-state index is 12.5. The van der Waals surface area contributed by atoms with E-state index >= 15 is 0 Å². The summed E-state index contributed by atoms with van der Waals surface area (Å²) >= 11 is 0. The van der Waals surface area contributed by atoms with E-state index in [0.29, 0.717) is 25.7 Å². The number of rotatable bonds is 14. The van der Waals surface area contributed by atoms with E-state index in [1.54, 1.807) is 0 Å². The average Bonchev–Trinajstić information content (AvgIpc) is 2.79. The lowest BCUT2D eigenvalue weighted by Gasteiger charge is -2.43. The normalized spacial score (nSPS) is 22.8. The molecule has 0 saturated carbocycles. The first kappa shape index (κ1) is 31.8. The van der Waals surface area contributed by atoms with Crippen LogP contribution in [0, 0.1) is 0 Å². The molecule has 5 atom stereocenters. The third-order valence-electron chi connectivity index (χ3n) is 5.19. The van der Waals surface area contributed by atoms with Gasteiger partial charge in [0.05, 0.1) is 7.11 Å². The van der Waals surface area contributed by atoms with Crippen LogP contribution in [0.15, 0.2) is 0 Å². The highest BCUT2D eigenvalue weighted by Gasteiger charge is 2.53. The summed E-state index contributed by atoms with van der Waals surface area (Å²) in [5.41, 5.74) is 0. The van der Waals surface area contributed by atoms with E-state index < -0.39 is 67.2 Å². The summed E-state index contributed by atoms with van der Waals surface area (Å²) in [5, 5.41) is 0. The fourth-order valence-electron chi connectivity index (χ4n) is 3.64. The molecule has 0 aromatic heterocycles. The van der Waals surface area contributed by atoms with E-state index in [9.17, 15) is 28.8 Å². The van der Waals surface area contributed by atoms with Gasteiger partial charge in [0.15, 0.2) is 12.2 Å². The Morgan fingerprint density at radius 1 is 0.595 bits per heavy atom. The van der Waals surface area contributed by atoms with Gasteiger partial charge in [-0.3, -0.25) is 28.8 Å². The van der Waals surface area contributed by atoms with Gasteiger partial charge in [0.1, 0.15) is 12.7 Å². The van der Waals surface area contributed by atoms with Crippen molar-refractivity contribution in [3.8, 4) is 0 Å². The van der Waals surface area contributed by atoms with Crippen LogP contribution in [0.1, 0.15) is 72.6 Å². The van der Waals surface area contributed by atoms with Gasteiger partial charge in [0.2, 0.25) is 12.4 Å². The van der Waals surface area contributed by atoms with Crippen molar-refractivity contribution < 1.29 is 61.9 Å². The van der Waals surface area contributed by atoms with E-state index in [-0.39, 0.29) is 12.4 Å². The topological polar surface area (TPSA) is 167 Å². The zero-order valence-electron chi connectivity index (χ0n) is 21.9. The molecule has 0 radical (unpaired) electrons. The number of methoxy groups -OCH3 is 1. The van der Waals surface area contributed by atoms with Gasteiger partial charge in [-0.25, -0.2) is 0 Å². The van der Waals surface area contributed by atoms with Crippen molar-refractivity contribution in [2.75, 3.05) is 13.7 Å². The Balaban J connectivity index is 2.91. The second kappa shape index (κ2) is 16.5. The second-order valence-corrected chi connectivity index (χ2v) is 8.40. The van der Waals surface area contributed by atoms with Crippen molar-refractivity contribution in [1.29, 1.82) is 0 Å². The number of carbonyl (C=O) groups is 6. The molecular weight excluding hydrogens is 496 g/mol. The Hall–Kier alpha value is -3.22. The number of unbranched alkanes of at least 4 members (excludes halogenated alkanes) is 4. The highest BCUT2D eigenvalue weighted by molar-refractivity contribution is 5.70. The average molecular weight is 533 g/mol. The molecule has 1 heterocycles. The van der Waals surface area contributed by atoms with E-state index in [1.807, 2.05) is 0 Å². The van der Waals surface area contributed by atoms with Gasteiger partial charge in [0, 0.05) is 40.5 Å². The summed E-state index contributed by atoms with van der Waals surface area (Å²) in [7, 11) is 1.33. The fourth-order valence-corrected chi connectivity index (χ4v) is 3.64. The first-order chi connectivity index (χ1) is 17.4. The molecule has 0 aromatic rings. The van der Waals surface area contributed by atoms with E-state index in [4.69, 9.17) is 28.4 Å². The van der Waals surface area contributed by atoms with Gasteiger partial charge in [0.25, 0.3) is 0 Å². The van der Waals surface area contributed by atoms with Crippen LogP contribution in [-0.4, -0.2) is 80.2 Å². The molecule has 1 saturated heterocycles. The van der Waals surface area contributed by atoms with Gasteiger partial charge in [-0.1, -0.05) is 19.3 Å². The minimum absolute atomic E-state index is 0.0177. The van der Waals surface area contributed by atoms with Crippen molar-refractivity contribution in [3.05, 3.63) is 0 Å². The minimum Gasteiger partial charge on any atom is -0.469 e. The number of hydrogen-bond donors (Lipinski definition) is 0. The number of carbonyl (C=O) groups excluding carboxylic acids is 6. The number of esters is 6. The Labute approximate surface area is 215 Å². The Bertz CT molecular complexity index is 808. The standard InChI is InChI=1S/C24H36O13/c1-14(25)32-13-18-21(33-15(2)26)22(34-16(3)27)23(35-17(4)28)24(36-18)37-20(30)12-10-8-6-7-9-11-19(29)31-5/h18,21-24H,6-13H2,1-5H3. The predicted molar refractivity (Wildman–Crippen MR) is 122 cm³/mol. The van der Waals surface area contributed by atoms with E-state index in [2.05, 4.69) is 4.74 Å². The third kappa shape index (κ3) is 12.5. The minimum atomic E-state index is -1.53. The van der Waals surface area contributed by atoms with Crippen LogP contribution in [0.3, 0.4) is 0 Å². The smallest absolute Gasteiger partial charge is 0.308 e. The lowest BCUT2D eigenvalue weighted by atomic mass is 9.98. The quantitative estimate of drug-likeness (QED) is 0.180. The van der Waals surface area contributed by atoms with Crippen molar-refractivity contribution in [3.63, 3.8) is 0 Å². The van der Waals surface area contributed by atoms with Crippen LogP contribution in [0.2, 0.25) is 0 Å². The summed E-state index contributed by atoms with van der Waals surface area (Å²) < 4.78 is 36.5. The highest BCUT2D eigenvalue weighted by Crippen LogP contribution is 2.30. The van der Waals surface area contributed by atoms with Crippen LogP contribution in [0.5, 0.6) is 0 Å². The largest absolute Gasteiger partial charge is 0.469 e. The Morgan fingerprint density at radius 3 is 1.59 bits per heavy atom. The molecule has 0 spiro atoms. The summed E-state index contributed by atoms with van der Waals surface area (Å²) in [6.45, 7) is 4.03. The first-order valence-corrected chi connectivity index (χ1v) is 12.0. The lowest BCUT2D eigenvalue weighted by Crippen LogP contribution is -2.63. The molecule has 13 heteroatoms. The lowest BCUT2D eigenvalue weighted by molar-refractivity contribution is -0.300. The zero-order chi connectivity index (χ0) is 28.0. The monoisotopic (exact) mass is 532 g/mol. The van der Waals surface area contributed by atoms with Crippen molar-refractivity contribution >= 4 is 35.8 Å². The SMILES string of the molecule is COC(=O)CCCCCCCC(=O)OC1OC(COC(C)=O)C(OC(C)=O)C(OC(C)=O)C1OC(C)=O. The molecule has 0 aromatic carbocycles. The first-order valence-electron chi connectivity index (χ1n) is 12.0. The number of hydrogen-bond acceptors (Lipinski definition) is 13. The van der Waals surface area contributed by atoms with Crippen LogP contribution in [0.25, 0.3) is 0 Å².